The van der Waals surface area contributed by atoms with Crippen molar-refractivity contribution in [2.45, 2.75) is 32.7 Å². The molecule has 0 amide bonds. The van der Waals surface area contributed by atoms with Crippen molar-refractivity contribution in [1.82, 2.24) is 14.8 Å². The third-order valence-electron chi connectivity index (χ3n) is 2.83. The van der Waals surface area contributed by atoms with Crippen molar-refractivity contribution >= 4 is 27.5 Å². The maximum absolute atomic E-state index is 5.90. The molecule has 1 aromatic heterocycles. The van der Waals surface area contributed by atoms with Crippen molar-refractivity contribution in [3.63, 3.8) is 0 Å². The van der Waals surface area contributed by atoms with E-state index < -0.39 is 0 Å². The molecule has 96 valence electrons. The molecule has 3 nitrogen and oxygen atoms in total. The van der Waals surface area contributed by atoms with Crippen LogP contribution in [0.3, 0.4) is 0 Å². The molecule has 18 heavy (non-hydrogen) atoms. The van der Waals surface area contributed by atoms with E-state index in [1.165, 1.54) is 5.56 Å². The highest BCUT2D eigenvalue weighted by molar-refractivity contribution is 9.10. The normalized spacial score (nSPS) is 11.2. The van der Waals surface area contributed by atoms with Crippen LogP contribution < -0.4 is 0 Å². The molecule has 2 rings (SSSR count). The van der Waals surface area contributed by atoms with Crippen LogP contribution in [0, 0.1) is 6.92 Å². The van der Waals surface area contributed by atoms with Crippen molar-refractivity contribution in [3.05, 3.63) is 34.1 Å². The van der Waals surface area contributed by atoms with Crippen molar-refractivity contribution in [2.75, 3.05) is 0 Å². The Bertz CT molecular complexity index is 563. The number of rotatable bonds is 3. The Morgan fingerprint density at radius 2 is 2.06 bits per heavy atom. The lowest BCUT2D eigenvalue weighted by Gasteiger charge is -2.13. The molecule has 0 saturated heterocycles. The molecule has 0 aliphatic rings. The second-order valence-electron chi connectivity index (χ2n) is 4.50. The zero-order valence-electron chi connectivity index (χ0n) is 10.6. The third-order valence-corrected chi connectivity index (χ3v) is 3.93. The molecule has 0 atom stereocenters. The number of aromatic nitrogens is 3. The minimum Gasteiger partial charge on any atom is -0.307 e. The Morgan fingerprint density at radius 3 is 2.61 bits per heavy atom. The number of aryl methyl sites for hydroxylation is 1. The van der Waals surface area contributed by atoms with Crippen LogP contribution in [-0.4, -0.2) is 14.8 Å². The van der Waals surface area contributed by atoms with Gasteiger partial charge in [0.05, 0.1) is 5.88 Å². The van der Waals surface area contributed by atoms with Gasteiger partial charge in [-0.15, -0.1) is 21.8 Å². The van der Waals surface area contributed by atoms with Gasteiger partial charge in [0.15, 0.2) is 5.82 Å². The number of alkyl halides is 1. The van der Waals surface area contributed by atoms with Gasteiger partial charge in [-0.1, -0.05) is 28.1 Å². The zero-order valence-corrected chi connectivity index (χ0v) is 13.0. The van der Waals surface area contributed by atoms with Crippen LogP contribution in [0.4, 0.5) is 0 Å². The summed E-state index contributed by atoms with van der Waals surface area (Å²) in [6.45, 7) is 6.27. The molecule has 0 bridgehead atoms. The van der Waals surface area contributed by atoms with Gasteiger partial charge in [-0.2, -0.15) is 0 Å². The highest BCUT2D eigenvalue weighted by Crippen LogP contribution is 2.27. The summed E-state index contributed by atoms with van der Waals surface area (Å²) >= 11 is 9.45. The molecule has 1 aromatic carbocycles. The van der Waals surface area contributed by atoms with Crippen molar-refractivity contribution in [3.8, 4) is 11.4 Å². The van der Waals surface area contributed by atoms with Crippen LogP contribution in [0.1, 0.15) is 31.3 Å². The van der Waals surface area contributed by atoms with Crippen molar-refractivity contribution in [2.24, 2.45) is 0 Å². The maximum Gasteiger partial charge on any atom is 0.164 e. The molecule has 0 N–H and O–H groups in total. The second-order valence-corrected chi connectivity index (χ2v) is 5.62. The van der Waals surface area contributed by atoms with Gasteiger partial charge in [-0.3, -0.25) is 0 Å². The molecule has 0 saturated carbocycles. The van der Waals surface area contributed by atoms with E-state index in [2.05, 4.69) is 69.7 Å². The minimum atomic E-state index is 0.281. The summed E-state index contributed by atoms with van der Waals surface area (Å²) in [4.78, 5) is 0. The van der Waals surface area contributed by atoms with Gasteiger partial charge in [0.25, 0.3) is 0 Å². The quantitative estimate of drug-likeness (QED) is 0.785. The standard InChI is InChI=1S/C13H15BrClN3/c1-8(2)18-12(7-15)16-17-13(18)10-5-4-9(3)11(14)6-10/h4-6,8H,7H2,1-3H3. The zero-order chi connectivity index (χ0) is 13.3. The van der Waals surface area contributed by atoms with E-state index in [-0.39, 0.29) is 6.04 Å². The SMILES string of the molecule is Cc1ccc(-c2nnc(CCl)n2C(C)C)cc1Br. The van der Waals surface area contributed by atoms with E-state index in [1.807, 2.05) is 0 Å². The summed E-state index contributed by atoms with van der Waals surface area (Å²) in [5.74, 6) is 2.04. The van der Waals surface area contributed by atoms with Gasteiger partial charge in [0.1, 0.15) is 5.82 Å². The van der Waals surface area contributed by atoms with Crippen LogP contribution in [0.2, 0.25) is 0 Å². The highest BCUT2D eigenvalue weighted by Gasteiger charge is 2.15. The summed E-state index contributed by atoms with van der Waals surface area (Å²) in [7, 11) is 0. The summed E-state index contributed by atoms with van der Waals surface area (Å²) in [5.41, 5.74) is 2.25. The predicted octanol–water partition coefficient (Wildman–Crippen LogP) is 4.34. The highest BCUT2D eigenvalue weighted by atomic mass is 79.9. The number of nitrogens with zero attached hydrogens (tertiary/aromatic N) is 3. The lowest BCUT2D eigenvalue weighted by molar-refractivity contribution is 0.585. The fourth-order valence-corrected chi connectivity index (χ4v) is 2.45. The first-order chi connectivity index (χ1) is 8.54. The van der Waals surface area contributed by atoms with Gasteiger partial charge in [0, 0.05) is 16.1 Å². The second kappa shape index (κ2) is 5.41. The van der Waals surface area contributed by atoms with Crippen molar-refractivity contribution < 1.29 is 0 Å². The van der Waals surface area contributed by atoms with Gasteiger partial charge in [-0.05, 0) is 32.4 Å². The topological polar surface area (TPSA) is 30.7 Å². The smallest absolute Gasteiger partial charge is 0.164 e. The maximum atomic E-state index is 5.90. The van der Waals surface area contributed by atoms with Crippen LogP contribution in [0.25, 0.3) is 11.4 Å². The number of benzene rings is 1. The summed E-state index contributed by atoms with van der Waals surface area (Å²) in [5, 5.41) is 8.41. The van der Waals surface area contributed by atoms with Gasteiger partial charge < -0.3 is 4.57 Å². The van der Waals surface area contributed by atoms with Crippen LogP contribution >= 0.6 is 27.5 Å². The Morgan fingerprint density at radius 1 is 1.33 bits per heavy atom. The molecule has 0 fully saturated rings. The molecular weight excluding hydrogens is 314 g/mol. The van der Waals surface area contributed by atoms with E-state index in [9.17, 15) is 0 Å². The monoisotopic (exact) mass is 327 g/mol. The van der Waals surface area contributed by atoms with Crippen LogP contribution in [-0.2, 0) is 5.88 Å². The average molecular weight is 329 g/mol. The third kappa shape index (κ3) is 2.45. The summed E-state index contributed by atoms with van der Waals surface area (Å²) < 4.78 is 3.15. The first-order valence-electron chi connectivity index (χ1n) is 5.81. The Labute approximate surface area is 120 Å². The van der Waals surface area contributed by atoms with Crippen LogP contribution in [0.5, 0.6) is 0 Å². The molecule has 2 aromatic rings. The lowest BCUT2D eigenvalue weighted by atomic mass is 10.1. The molecule has 0 unspecified atom stereocenters. The largest absolute Gasteiger partial charge is 0.307 e. The van der Waals surface area contributed by atoms with E-state index in [4.69, 9.17) is 11.6 Å². The van der Waals surface area contributed by atoms with Gasteiger partial charge in [0.2, 0.25) is 0 Å². The molecule has 5 heteroatoms. The predicted molar refractivity (Wildman–Crippen MR) is 77.8 cm³/mol. The first-order valence-corrected chi connectivity index (χ1v) is 7.13. The molecule has 0 aliphatic carbocycles. The number of hydrogen-bond acceptors (Lipinski definition) is 2. The first kappa shape index (κ1) is 13.6. The van der Waals surface area contributed by atoms with Gasteiger partial charge >= 0.3 is 0 Å². The molecule has 1 heterocycles. The summed E-state index contributed by atoms with van der Waals surface area (Å²) in [6, 6.07) is 6.47. The Kier molecular flexibility index (Phi) is 4.07. The summed E-state index contributed by atoms with van der Waals surface area (Å²) in [6.07, 6.45) is 0. The molecule has 0 radical (unpaired) electrons. The van der Waals surface area contributed by atoms with E-state index in [1.54, 1.807) is 0 Å². The Hall–Kier alpha value is -0.870. The lowest BCUT2D eigenvalue weighted by Crippen LogP contribution is -2.07. The molecular formula is C13H15BrClN3. The fourth-order valence-electron chi connectivity index (χ4n) is 1.89. The average Bonchev–Trinajstić information content (AvgIpc) is 2.76. The Balaban J connectivity index is 2.56. The van der Waals surface area contributed by atoms with E-state index >= 15 is 0 Å². The fraction of sp³-hybridized carbons (Fsp3) is 0.385. The van der Waals surface area contributed by atoms with Crippen LogP contribution in [0.15, 0.2) is 22.7 Å². The number of hydrogen-bond donors (Lipinski definition) is 0. The van der Waals surface area contributed by atoms with E-state index in [0.29, 0.717) is 5.88 Å². The van der Waals surface area contributed by atoms with Gasteiger partial charge in [-0.25, -0.2) is 0 Å². The van der Waals surface area contributed by atoms with Crippen molar-refractivity contribution in [1.29, 1.82) is 0 Å². The van der Waals surface area contributed by atoms with E-state index in [0.717, 1.165) is 21.7 Å². The molecule has 0 aliphatic heterocycles. The molecule has 0 spiro atoms. The number of halogens is 2. The minimum absolute atomic E-state index is 0.281.